The Morgan fingerprint density at radius 1 is 1.71 bits per heavy atom. The van der Waals surface area contributed by atoms with Gasteiger partial charge in [-0.2, -0.15) is 0 Å². The minimum atomic E-state index is 0.120. The molecule has 1 aromatic rings. The number of nitrogens with two attached hydrogens (primary N) is 1. The van der Waals surface area contributed by atoms with E-state index in [2.05, 4.69) is 22.0 Å². The number of hydrogen-bond donors (Lipinski definition) is 2. The van der Waals surface area contributed by atoms with Crippen LogP contribution in [0.4, 0.5) is 5.82 Å². The van der Waals surface area contributed by atoms with Crippen LogP contribution in [-0.4, -0.2) is 28.6 Å². The minimum Gasteiger partial charge on any atom is -0.409 e. The molecule has 0 aliphatic carbocycles. The third kappa shape index (κ3) is 2.18. The van der Waals surface area contributed by atoms with E-state index in [1.807, 2.05) is 6.07 Å². The Labute approximate surface area is 101 Å². The van der Waals surface area contributed by atoms with Crippen molar-refractivity contribution in [2.24, 2.45) is 10.9 Å². The van der Waals surface area contributed by atoms with Gasteiger partial charge in [-0.1, -0.05) is 12.1 Å². The van der Waals surface area contributed by atoms with Gasteiger partial charge in [0, 0.05) is 18.8 Å². The van der Waals surface area contributed by atoms with Crippen molar-refractivity contribution in [3.63, 3.8) is 0 Å². The molecular weight excluding hydrogens is 216 g/mol. The van der Waals surface area contributed by atoms with Crippen molar-refractivity contribution < 1.29 is 5.21 Å². The van der Waals surface area contributed by atoms with Crippen LogP contribution in [0.3, 0.4) is 0 Å². The van der Waals surface area contributed by atoms with E-state index < -0.39 is 0 Å². The molecule has 1 fully saturated rings. The summed E-state index contributed by atoms with van der Waals surface area (Å²) in [5, 5.41) is 11.9. The van der Waals surface area contributed by atoms with Gasteiger partial charge < -0.3 is 15.8 Å². The Hall–Kier alpha value is -1.78. The minimum absolute atomic E-state index is 0.120. The monoisotopic (exact) mass is 234 g/mol. The summed E-state index contributed by atoms with van der Waals surface area (Å²) in [5.74, 6) is 0.946. The van der Waals surface area contributed by atoms with Crippen LogP contribution in [-0.2, 0) is 0 Å². The standard InChI is InChI=1S/C12H18N4O/c1-2-9-5-4-8-16(9)12-10(11(13)15-17)6-3-7-14-12/h3,6-7,9,17H,2,4-5,8H2,1H3,(H2,13,15). The molecule has 5 heteroatoms. The van der Waals surface area contributed by atoms with Crippen molar-refractivity contribution in [3.05, 3.63) is 23.9 Å². The average molecular weight is 234 g/mol. The van der Waals surface area contributed by atoms with E-state index >= 15 is 0 Å². The molecule has 1 unspecified atom stereocenters. The summed E-state index contributed by atoms with van der Waals surface area (Å²) in [6, 6.07) is 4.14. The van der Waals surface area contributed by atoms with Gasteiger partial charge in [0.15, 0.2) is 5.84 Å². The first kappa shape index (κ1) is 11.7. The van der Waals surface area contributed by atoms with Gasteiger partial charge in [0.05, 0.1) is 5.56 Å². The summed E-state index contributed by atoms with van der Waals surface area (Å²) < 4.78 is 0. The molecule has 1 atom stereocenters. The highest BCUT2D eigenvalue weighted by atomic mass is 16.4. The molecule has 0 saturated carbocycles. The van der Waals surface area contributed by atoms with Gasteiger partial charge in [-0.15, -0.1) is 0 Å². The molecule has 92 valence electrons. The second kappa shape index (κ2) is 5.03. The smallest absolute Gasteiger partial charge is 0.173 e. The third-order valence-corrected chi connectivity index (χ3v) is 3.29. The fraction of sp³-hybridized carbons (Fsp3) is 0.500. The van der Waals surface area contributed by atoms with Crippen LogP contribution in [0.25, 0.3) is 0 Å². The molecule has 17 heavy (non-hydrogen) atoms. The molecule has 0 spiro atoms. The molecule has 1 aliphatic heterocycles. The highest BCUT2D eigenvalue weighted by Crippen LogP contribution is 2.27. The number of nitrogens with zero attached hydrogens (tertiary/aromatic N) is 3. The normalized spacial score (nSPS) is 20.9. The highest BCUT2D eigenvalue weighted by Gasteiger charge is 2.26. The molecule has 1 aromatic heterocycles. The third-order valence-electron chi connectivity index (χ3n) is 3.29. The van der Waals surface area contributed by atoms with Gasteiger partial charge in [0.25, 0.3) is 0 Å². The van der Waals surface area contributed by atoms with Crippen molar-refractivity contribution in [1.82, 2.24) is 4.98 Å². The number of rotatable bonds is 3. The van der Waals surface area contributed by atoms with Gasteiger partial charge in [-0.05, 0) is 31.4 Å². The van der Waals surface area contributed by atoms with Gasteiger partial charge in [-0.25, -0.2) is 4.98 Å². The van der Waals surface area contributed by atoms with E-state index in [9.17, 15) is 0 Å². The molecular formula is C12H18N4O. The quantitative estimate of drug-likeness (QED) is 0.360. The predicted octanol–water partition coefficient (Wildman–Crippen LogP) is 1.55. The zero-order valence-electron chi connectivity index (χ0n) is 10.0. The van der Waals surface area contributed by atoms with Crippen LogP contribution in [0.2, 0.25) is 0 Å². The van der Waals surface area contributed by atoms with Gasteiger partial charge in [0.1, 0.15) is 5.82 Å². The van der Waals surface area contributed by atoms with Crippen LogP contribution >= 0.6 is 0 Å². The zero-order chi connectivity index (χ0) is 12.3. The van der Waals surface area contributed by atoms with Crippen molar-refractivity contribution in [2.45, 2.75) is 32.2 Å². The highest BCUT2D eigenvalue weighted by molar-refractivity contribution is 6.01. The van der Waals surface area contributed by atoms with Gasteiger partial charge in [0.2, 0.25) is 0 Å². The fourth-order valence-corrected chi connectivity index (χ4v) is 2.42. The van der Waals surface area contributed by atoms with Gasteiger partial charge >= 0.3 is 0 Å². The topological polar surface area (TPSA) is 74.7 Å². The van der Waals surface area contributed by atoms with Crippen molar-refractivity contribution in [3.8, 4) is 0 Å². The lowest BCUT2D eigenvalue weighted by atomic mass is 10.1. The van der Waals surface area contributed by atoms with E-state index in [0.717, 1.165) is 18.8 Å². The summed E-state index contributed by atoms with van der Waals surface area (Å²) in [6.07, 6.45) is 5.19. The maximum absolute atomic E-state index is 8.80. The first-order chi connectivity index (χ1) is 8.27. The molecule has 0 aromatic carbocycles. The first-order valence-corrected chi connectivity index (χ1v) is 5.97. The molecule has 0 radical (unpaired) electrons. The van der Waals surface area contributed by atoms with Crippen LogP contribution in [0.15, 0.2) is 23.5 Å². The van der Waals surface area contributed by atoms with Gasteiger partial charge in [-0.3, -0.25) is 0 Å². The van der Waals surface area contributed by atoms with Crippen LogP contribution in [0, 0.1) is 0 Å². The Bertz CT molecular complexity index is 419. The van der Waals surface area contributed by atoms with E-state index in [0.29, 0.717) is 11.6 Å². The van der Waals surface area contributed by atoms with Crippen LogP contribution in [0.1, 0.15) is 31.7 Å². The summed E-state index contributed by atoms with van der Waals surface area (Å²) in [6.45, 7) is 3.16. The number of amidine groups is 1. The SMILES string of the molecule is CCC1CCCN1c1ncccc1/C(N)=N/O. The molecule has 3 N–H and O–H groups in total. The number of aromatic nitrogens is 1. The van der Waals surface area contributed by atoms with Crippen LogP contribution < -0.4 is 10.6 Å². The van der Waals surface area contributed by atoms with Crippen molar-refractivity contribution in [1.29, 1.82) is 0 Å². The lowest BCUT2D eigenvalue weighted by Crippen LogP contribution is -2.31. The maximum Gasteiger partial charge on any atom is 0.173 e. The molecule has 1 saturated heterocycles. The summed E-state index contributed by atoms with van der Waals surface area (Å²) in [4.78, 5) is 6.64. The summed E-state index contributed by atoms with van der Waals surface area (Å²) in [7, 11) is 0. The summed E-state index contributed by atoms with van der Waals surface area (Å²) >= 11 is 0. The molecule has 1 aliphatic rings. The lowest BCUT2D eigenvalue weighted by molar-refractivity contribution is 0.318. The van der Waals surface area contributed by atoms with E-state index in [4.69, 9.17) is 10.9 Å². The molecule has 2 heterocycles. The van der Waals surface area contributed by atoms with Crippen molar-refractivity contribution >= 4 is 11.7 Å². The number of pyridine rings is 1. The Morgan fingerprint density at radius 2 is 2.53 bits per heavy atom. The fourth-order valence-electron chi connectivity index (χ4n) is 2.42. The summed E-state index contributed by atoms with van der Waals surface area (Å²) in [5.41, 5.74) is 6.39. The van der Waals surface area contributed by atoms with E-state index in [-0.39, 0.29) is 5.84 Å². The molecule has 0 amide bonds. The number of hydrogen-bond acceptors (Lipinski definition) is 4. The lowest BCUT2D eigenvalue weighted by Gasteiger charge is -2.26. The number of anilines is 1. The maximum atomic E-state index is 8.80. The second-order valence-corrected chi connectivity index (χ2v) is 4.26. The second-order valence-electron chi connectivity index (χ2n) is 4.26. The Balaban J connectivity index is 2.38. The first-order valence-electron chi connectivity index (χ1n) is 5.97. The Kier molecular flexibility index (Phi) is 3.46. The van der Waals surface area contributed by atoms with Crippen LogP contribution in [0.5, 0.6) is 0 Å². The van der Waals surface area contributed by atoms with Crippen molar-refractivity contribution in [2.75, 3.05) is 11.4 Å². The van der Waals surface area contributed by atoms with E-state index in [1.54, 1.807) is 12.3 Å². The zero-order valence-corrected chi connectivity index (χ0v) is 10.0. The predicted molar refractivity (Wildman–Crippen MR) is 67.4 cm³/mol. The Morgan fingerprint density at radius 3 is 3.24 bits per heavy atom. The number of oxime groups is 1. The molecule has 5 nitrogen and oxygen atoms in total. The molecule has 2 rings (SSSR count). The molecule has 0 bridgehead atoms. The van der Waals surface area contributed by atoms with E-state index in [1.165, 1.54) is 12.8 Å². The average Bonchev–Trinajstić information content (AvgIpc) is 2.86. The largest absolute Gasteiger partial charge is 0.409 e.